The SMILES string of the molecule is COC(=O)c1c(-c2ccc(OC(F)(F)F)cc2Br)nn(-c2ccccc2)c1C(=O)OC. The Bertz CT molecular complexity index is 1130. The molecule has 2 aromatic carbocycles. The normalized spacial score (nSPS) is 11.2. The molecule has 0 saturated heterocycles. The minimum absolute atomic E-state index is 0.00142. The molecule has 0 radical (unpaired) electrons. The van der Waals surface area contributed by atoms with Gasteiger partial charge in [0.2, 0.25) is 0 Å². The summed E-state index contributed by atoms with van der Waals surface area (Å²) >= 11 is 3.18. The first-order valence-electron chi connectivity index (χ1n) is 8.57. The number of hydrogen-bond donors (Lipinski definition) is 0. The van der Waals surface area contributed by atoms with Crippen LogP contribution in [0.3, 0.4) is 0 Å². The summed E-state index contributed by atoms with van der Waals surface area (Å²) in [6, 6.07) is 11.9. The molecule has 7 nitrogen and oxygen atoms in total. The third-order valence-corrected chi connectivity index (χ3v) is 4.74. The van der Waals surface area contributed by atoms with E-state index in [-0.39, 0.29) is 27.0 Å². The number of carbonyl (C=O) groups excluding carboxylic acids is 2. The molecule has 0 aliphatic carbocycles. The van der Waals surface area contributed by atoms with Crippen LogP contribution < -0.4 is 4.74 Å². The van der Waals surface area contributed by atoms with Crippen LogP contribution in [-0.4, -0.2) is 42.3 Å². The molecule has 0 fully saturated rings. The number of aromatic nitrogens is 2. The number of para-hydroxylation sites is 1. The van der Waals surface area contributed by atoms with Crippen molar-refractivity contribution >= 4 is 27.9 Å². The van der Waals surface area contributed by atoms with Crippen molar-refractivity contribution in [1.82, 2.24) is 9.78 Å². The maximum atomic E-state index is 12.6. The number of carbonyl (C=O) groups is 2. The van der Waals surface area contributed by atoms with Gasteiger partial charge in [-0.05, 0) is 46.3 Å². The molecular formula is C20H14BrF3N2O5. The van der Waals surface area contributed by atoms with Crippen LogP contribution in [0.5, 0.6) is 5.75 Å². The van der Waals surface area contributed by atoms with Crippen LogP contribution in [0, 0.1) is 0 Å². The lowest BCUT2D eigenvalue weighted by Gasteiger charge is -2.11. The molecule has 0 saturated carbocycles. The number of esters is 2. The van der Waals surface area contributed by atoms with Crippen LogP contribution in [0.25, 0.3) is 16.9 Å². The first-order valence-corrected chi connectivity index (χ1v) is 9.36. The molecule has 31 heavy (non-hydrogen) atoms. The average molecular weight is 499 g/mol. The third-order valence-electron chi connectivity index (χ3n) is 4.08. The summed E-state index contributed by atoms with van der Waals surface area (Å²) in [6.45, 7) is 0. The maximum Gasteiger partial charge on any atom is 0.573 e. The van der Waals surface area contributed by atoms with E-state index in [2.05, 4.69) is 25.8 Å². The molecule has 0 bridgehead atoms. The van der Waals surface area contributed by atoms with Gasteiger partial charge in [-0.2, -0.15) is 5.10 Å². The highest BCUT2D eigenvalue weighted by atomic mass is 79.9. The summed E-state index contributed by atoms with van der Waals surface area (Å²) in [6.07, 6.45) is -4.87. The summed E-state index contributed by atoms with van der Waals surface area (Å²) in [5.41, 5.74) is 0.283. The third kappa shape index (κ3) is 4.71. The first-order chi connectivity index (χ1) is 14.7. The Kier molecular flexibility index (Phi) is 6.34. The Labute approximate surface area is 182 Å². The standard InChI is InChI=1S/C20H14BrF3N2O5/c1-29-18(27)15-16(13-9-8-12(10-14(13)21)31-20(22,23)24)25-26(17(15)19(28)30-2)11-6-4-3-5-7-11/h3-10H,1-2H3. The van der Waals surface area contributed by atoms with E-state index in [1.807, 2.05) is 0 Å². The highest BCUT2D eigenvalue weighted by molar-refractivity contribution is 9.10. The Hall–Kier alpha value is -3.34. The minimum Gasteiger partial charge on any atom is -0.465 e. The zero-order chi connectivity index (χ0) is 22.8. The van der Waals surface area contributed by atoms with Gasteiger partial charge >= 0.3 is 18.3 Å². The predicted molar refractivity (Wildman–Crippen MR) is 106 cm³/mol. The largest absolute Gasteiger partial charge is 0.573 e. The second-order valence-electron chi connectivity index (χ2n) is 5.99. The minimum atomic E-state index is -4.87. The van der Waals surface area contributed by atoms with Gasteiger partial charge in [-0.25, -0.2) is 14.3 Å². The lowest BCUT2D eigenvalue weighted by molar-refractivity contribution is -0.274. The fourth-order valence-electron chi connectivity index (χ4n) is 2.83. The molecule has 0 unspecified atom stereocenters. The van der Waals surface area contributed by atoms with Crippen molar-refractivity contribution in [3.05, 3.63) is 64.3 Å². The molecule has 0 atom stereocenters. The fourth-order valence-corrected chi connectivity index (χ4v) is 3.37. The van der Waals surface area contributed by atoms with Crippen molar-refractivity contribution in [3.8, 4) is 22.7 Å². The molecule has 162 valence electrons. The number of methoxy groups -OCH3 is 2. The average Bonchev–Trinajstić information content (AvgIpc) is 3.12. The van der Waals surface area contributed by atoms with Gasteiger partial charge in [0.15, 0.2) is 5.69 Å². The number of benzene rings is 2. The number of halogens is 4. The van der Waals surface area contributed by atoms with Crippen LogP contribution in [0.1, 0.15) is 20.8 Å². The zero-order valence-electron chi connectivity index (χ0n) is 16.1. The van der Waals surface area contributed by atoms with E-state index in [4.69, 9.17) is 9.47 Å². The molecule has 0 N–H and O–H groups in total. The van der Waals surface area contributed by atoms with E-state index < -0.39 is 24.1 Å². The smallest absolute Gasteiger partial charge is 0.465 e. The molecule has 1 heterocycles. The van der Waals surface area contributed by atoms with E-state index in [9.17, 15) is 22.8 Å². The summed E-state index contributed by atoms with van der Waals surface area (Å²) < 4.78 is 52.5. The molecule has 1 aromatic heterocycles. The number of ether oxygens (including phenoxy) is 3. The van der Waals surface area contributed by atoms with Gasteiger partial charge in [-0.15, -0.1) is 13.2 Å². The van der Waals surface area contributed by atoms with Gasteiger partial charge in [0.05, 0.1) is 19.9 Å². The lowest BCUT2D eigenvalue weighted by atomic mass is 10.1. The molecule has 0 spiro atoms. The Morgan fingerprint density at radius 2 is 1.65 bits per heavy atom. The monoisotopic (exact) mass is 498 g/mol. The fraction of sp³-hybridized carbons (Fsp3) is 0.150. The Morgan fingerprint density at radius 3 is 2.19 bits per heavy atom. The van der Waals surface area contributed by atoms with Gasteiger partial charge in [-0.3, -0.25) is 0 Å². The summed E-state index contributed by atoms with van der Waals surface area (Å²) in [5.74, 6) is -2.20. The van der Waals surface area contributed by atoms with Crippen molar-refractivity contribution < 1.29 is 37.0 Å². The second kappa shape index (κ2) is 8.80. The first kappa shape index (κ1) is 22.3. The quantitative estimate of drug-likeness (QED) is 0.471. The second-order valence-corrected chi connectivity index (χ2v) is 6.85. The number of rotatable bonds is 5. The zero-order valence-corrected chi connectivity index (χ0v) is 17.7. The maximum absolute atomic E-state index is 12.6. The Morgan fingerprint density at radius 1 is 1.00 bits per heavy atom. The Balaban J connectivity index is 2.26. The van der Waals surface area contributed by atoms with E-state index in [1.165, 1.54) is 10.7 Å². The van der Waals surface area contributed by atoms with Gasteiger partial charge < -0.3 is 14.2 Å². The summed E-state index contributed by atoms with van der Waals surface area (Å²) in [5, 5.41) is 4.38. The van der Waals surface area contributed by atoms with Crippen LogP contribution in [0.4, 0.5) is 13.2 Å². The number of nitrogens with zero attached hydrogens (tertiary/aromatic N) is 2. The van der Waals surface area contributed by atoms with Crippen molar-refractivity contribution in [1.29, 1.82) is 0 Å². The van der Waals surface area contributed by atoms with Crippen molar-refractivity contribution in [3.63, 3.8) is 0 Å². The van der Waals surface area contributed by atoms with E-state index >= 15 is 0 Å². The van der Waals surface area contributed by atoms with Crippen LogP contribution in [-0.2, 0) is 9.47 Å². The van der Waals surface area contributed by atoms with Crippen LogP contribution >= 0.6 is 15.9 Å². The van der Waals surface area contributed by atoms with E-state index in [0.717, 1.165) is 26.4 Å². The molecule has 3 rings (SSSR count). The van der Waals surface area contributed by atoms with Gasteiger partial charge in [0.1, 0.15) is 17.0 Å². The van der Waals surface area contributed by atoms with Gasteiger partial charge in [-0.1, -0.05) is 18.2 Å². The van der Waals surface area contributed by atoms with Crippen molar-refractivity contribution in [2.45, 2.75) is 6.36 Å². The van der Waals surface area contributed by atoms with Gasteiger partial charge in [0.25, 0.3) is 0 Å². The topological polar surface area (TPSA) is 79.7 Å². The molecule has 11 heteroatoms. The molecule has 0 amide bonds. The predicted octanol–water partition coefficient (Wildman–Crippen LogP) is 4.77. The van der Waals surface area contributed by atoms with E-state index in [0.29, 0.717) is 5.69 Å². The lowest BCUT2D eigenvalue weighted by Crippen LogP contribution is -2.17. The molecule has 3 aromatic rings. The van der Waals surface area contributed by atoms with Crippen LogP contribution in [0.2, 0.25) is 0 Å². The van der Waals surface area contributed by atoms with Crippen molar-refractivity contribution in [2.75, 3.05) is 14.2 Å². The molecule has 0 aliphatic heterocycles. The molecule has 0 aliphatic rings. The van der Waals surface area contributed by atoms with Gasteiger partial charge in [0, 0.05) is 10.0 Å². The molecular weight excluding hydrogens is 485 g/mol. The van der Waals surface area contributed by atoms with E-state index in [1.54, 1.807) is 30.3 Å². The van der Waals surface area contributed by atoms with Crippen LogP contribution in [0.15, 0.2) is 53.0 Å². The number of hydrogen-bond acceptors (Lipinski definition) is 6. The summed E-state index contributed by atoms with van der Waals surface area (Å²) in [7, 11) is 2.27. The number of alkyl halides is 3. The highest BCUT2D eigenvalue weighted by Gasteiger charge is 2.33. The summed E-state index contributed by atoms with van der Waals surface area (Å²) in [4.78, 5) is 25.1. The van der Waals surface area contributed by atoms with Crippen molar-refractivity contribution in [2.24, 2.45) is 0 Å². The highest BCUT2D eigenvalue weighted by Crippen LogP contribution is 2.36.